The Balaban J connectivity index is 2.29. The predicted molar refractivity (Wildman–Crippen MR) is 84.9 cm³/mol. The van der Waals surface area contributed by atoms with Gasteiger partial charge >= 0.3 is 0 Å². The standard InChI is InChI=1S/C13H14Cl2FN5/c1-2-3-18-10-6-11(21-13(17)20-10)19-12-8(14)4-7(16)5-9(12)15/h4-6H,2-3H2,1H3,(H4,17,18,19,20,21). The number of aromatic nitrogens is 2. The van der Waals surface area contributed by atoms with Crippen LogP contribution in [0.3, 0.4) is 0 Å². The van der Waals surface area contributed by atoms with Gasteiger partial charge in [-0.25, -0.2) is 4.39 Å². The fourth-order valence-electron chi connectivity index (χ4n) is 1.66. The summed E-state index contributed by atoms with van der Waals surface area (Å²) in [4.78, 5) is 8.11. The van der Waals surface area contributed by atoms with E-state index in [-0.39, 0.29) is 16.0 Å². The van der Waals surface area contributed by atoms with Crippen molar-refractivity contribution >= 4 is 46.5 Å². The number of rotatable bonds is 5. The van der Waals surface area contributed by atoms with Crippen LogP contribution in [0.1, 0.15) is 13.3 Å². The normalized spacial score (nSPS) is 10.5. The number of halogens is 3. The first kappa shape index (κ1) is 15.6. The maximum absolute atomic E-state index is 13.2. The zero-order valence-electron chi connectivity index (χ0n) is 11.3. The third kappa shape index (κ3) is 4.09. The molecule has 0 unspecified atom stereocenters. The van der Waals surface area contributed by atoms with Crippen LogP contribution in [0.25, 0.3) is 0 Å². The Labute approximate surface area is 131 Å². The summed E-state index contributed by atoms with van der Waals surface area (Å²) in [6.07, 6.45) is 0.947. The van der Waals surface area contributed by atoms with E-state index in [0.29, 0.717) is 17.3 Å². The first-order valence-electron chi connectivity index (χ1n) is 6.29. The molecule has 5 nitrogen and oxygen atoms in total. The second kappa shape index (κ2) is 6.78. The number of hydrogen-bond donors (Lipinski definition) is 3. The molecule has 0 aliphatic rings. The number of nitrogens with zero attached hydrogens (tertiary/aromatic N) is 2. The SMILES string of the molecule is CCCNc1cc(Nc2c(Cl)cc(F)cc2Cl)nc(N)n1. The number of benzene rings is 1. The first-order chi connectivity index (χ1) is 9.99. The Hall–Kier alpha value is -1.79. The van der Waals surface area contributed by atoms with Gasteiger partial charge in [-0.05, 0) is 18.6 Å². The summed E-state index contributed by atoms with van der Waals surface area (Å²) in [5.74, 6) is 0.591. The summed E-state index contributed by atoms with van der Waals surface area (Å²) < 4.78 is 13.2. The van der Waals surface area contributed by atoms with Crippen molar-refractivity contribution in [3.8, 4) is 0 Å². The molecule has 8 heteroatoms. The summed E-state index contributed by atoms with van der Waals surface area (Å²) >= 11 is 11.9. The molecule has 2 aromatic rings. The third-order valence-electron chi connectivity index (χ3n) is 2.56. The zero-order valence-corrected chi connectivity index (χ0v) is 12.8. The summed E-state index contributed by atoms with van der Waals surface area (Å²) in [6.45, 7) is 2.79. The van der Waals surface area contributed by atoms with Gasteiger partial charge in [0, 0.05) is 12.6 Å². The van der Waals surface area contributed by atoms with E-state index in [2.05, 4.69) is 20.6 Å². The topological polar surface area (TPSA) is 75.9 Å². The first-order valence-corrected chi connectivity index (χ1v) is 7.05. The Bertz CT molecular complexity index is 627. The van der Waals surface area contributed by atoms with Crippen molar-refractivity contribution in [3.05, 3.63) is 34.1 Å². The van der Waals surface area contributed by atoms with Gasteiger partial charge in [0.25, 0.3) is 0 Å². The van der Waals surface area contributed by atoms with Crippen molar-refractivity contribution in [2.75, 3.05) is 22.9 Å². The fourth-order valence-corrected chi connectivity index (χ4v) is 2.22. The zero-order chi connectivity index (χ0) is 15.4. The Morgan fingerprint density at radius 3 is 2.38 bits per heavy atom. The van der Waals surface area contributed by atoms with Crippen LogP contribution in [0.15, 0.2) is 18.2 Å². The van der Waals surface area contributed by atoms with Crippen molar-refractivity contribution in [1.29, 1.82) is 0 Å². The van der Waals surface area contributed by atoms with Crippen LogP contribution in [0.2, 0.25) is 10.0 Å². The van der Waals surface area contributed by atoms with Crippen LogP contribution in [-0.4, -0.2) is 16.5 Å². The third-order valence-corrected chi connectivity index (χ3v) is 3.16. The van der Waals surface area contributed by atoms with E-state index in [0.717, 1.165) is 25.1 Å². The molecule has 1 heterocycles. The summed E-state index contributed by atoms with van der Waals surface area (Å²) in [5, 5.41) is 6.33. The van der Waals surface area contributed by atoms with Gasteiger partial charge in [-0.1, -0.05) is 30.1 Å². The average Bonchev–Trinajstić information content (AvgIpc) is 2.40. The average molecular weight is 330 g/mol. The maximum Gasteiger partial charge on any atom is 0.223 e. The van der Waals surface area contributed by atoms with Gasteiger partial charge < -0.3 is 16.4 Å². The quantitative estimate of drug-likeness (QED) is 0.770. The number of hydrogen-bond acceptors (Lipinski definition) is 5. The van der Waals surface area contributed by atoms with Gasteiger partial charge in [-0.3, -0.25) is 0 Å². The molecule has 0 saturated heterocycles. The highest BCUT2D eigenvalue weighted by Crippen LogP contribution is 2.33. The number of nitrogen functional groups attached to an aromatic ring is 1. The molecule has 2 rings (SSSR count). The largest absolute Gasteiger partial charge is 0.370 e. The lowest BCUT2D eigenvalue weighted by Crippen LogP contribution is -2.07. The molecule has 1 aromatic heterocycles. The number of nitrogens with two attached hydrogens (primary N) is 1. The van der Waals surface area contributed by atoms with Crippen molar-refractivity contribution in [3.63, 3.8) is 0 Å². The lowest BCUT2D eigenvalue weighted by Gasteiger charge is -2.12. The molecule has 0 aliphatic carbocycles. The van der Waals surface area contributed by atoms with Crippen LogP contribution < -0.4 is 16.4 Å². The molecule has 1 aromatic carbocycles. The van der Waals surface area contributed by atoms with Crippen LogP contribution in [0, 0.1) is 5.82 Å². The van der Waals surface area contributed by atoms with Gasteiger partial charge in [0.15, 0.2) is 0 Å². The van der Waals surface area contributed by atoms with Crippen LogP contribution in [0.5, 0.6) is 0 Å². The molecule has 0 amide bonds. The molecule has 0 bridgehead atoms. The van der Waals surface area contributed by atoms with Crippen LogP contribution in [-0.2, 0) is 0 Å². The van der Waals surface area contributed by atoms with E-state index in [1.165, 1.54) is 0 Å². The fraction of sp³-hybridized carbons (Fsp3) is 0.231. The molecule has 112 valence electrons. The number of nitrogens with one attached hydrogen (secondary N) is 2. The lowest BCUT2D eigenvalue weighted by atomic mass is 10.3. The van der Waals surface area contributed by atoms with Crippen molar-refractivity contribution < 1.29 is 4.39 Å². The van der Waals surface area contributed by atoms with Crippen molar-refractivity contribution in [2.45, 2.75) is 13.3 Å². The van der Waals surface area contributed by atoms with E-state index in [4.69, 9.17) is 28.9 Å². The maximum atomic E-state index is 13.2. The molecule has 4 N–H and O–H groups in total. The van der Waals surface area contributed by atoms with Crippen LogP contribution in [0.4, 0.5) is 27.7 Å². The van der Waals surface area contributed by atoms with E-state index in [9.17, 15) is 4.39 Å². The minimum atomic E-state index is -0.511. The Morgan fingerprint density at radius 1 is 1.14 bits per heavy atom. The smallest absolute Gasteiger partial charge is 0.223 e. The van der Waals surface area contributed by atoms with Gasteiger partial charge in [-0.2, -0.15) is 9.97 Å². The van der Waals surface area contributed by atoms with Gasteiger partial charge in [-0.15, -0.1) is 0 Å². The monoisotopic (exact) mass is 329 g/mol. The molecule has 0 spiro atoms. The van der Waals surface area contributed by atoms with E-state index in [1.54, 1.807) is 6.07 Å². The second-order valence-electron chi connectivity index (χ2n) is 4.29. The second-order valence-corrected chi connectivity index (χ2v) is 5.11. The predicted octanol–water partition coefficient (Wildman–Crippen LogP) is 4.07. The van der Waals surface area contributed by atoms with Gasteiger partial charge in [0.1, 0.15) is 17.5 Å². The van der Waals surface area contributed by atoms with E-state index < -0.39 is 5.82 Å². The highest BCUT2D eigenvalue weighted by molar-refractivity contribution is 6.39. The molecule has 0 radical (unpaired) electrons. The van der Waals surface area contributed by atoms with E-state index in [1.807, 2.05) is 6.92 Å². The Morgan fingerprint density at radius 2 is 1.76 bits per heavy atom. The van der Waals surface area contributed by atoms with Crippen molar-refractivity contribution in [1.82, 2.24) is 9.97 Å². The minimum absolute atomic E-state index is 0.105. The lowest BCUT2D eigenvalue weighted by molar-refractivity contribution is 0.628. The summed E-state index contributed by atoms with van der Waals surface area (Å²) in [7, 11) is 0. The van der Waals surface area contributed by atoms with E-state index >= 15 is 0 Å². The minimum Gasteiger partial charge on any atom is -0.370 e. The van der Waals surface area contributed by atoms with Crippen LogP contribution >= 0.6 is 23.2 Å². The molecular formula is C13H14Cl2FN5. The molecule has 0 aliphatic heterocycles. The van der Waals surface area contributed by atoms with Crippen molar-refractivity contribution in [2.24, 2.45) is 0 Å². The molecule has 0 atom stereocenters. The molecule has 0 saturated carbocycles. The molecular weight excluding hydrogens is 316 g/mol. The Kier molecular flexibility index (Phi) is 5.03. The number of anilines is 4. The molecule has 0 fully saturated rings. The van der Waals surface area contributed by atoms with Gasteiger partial charge in [0.05, 0.1) is 15.7 Å². The summed E-state index contributed by atoms with van der Waals surface area (Å²) in [5.41, 5.74) is 6.02. The highest BCUT2D eigenvalue weighted by atomic mass is 35.5. The summed E-state index contributed by atoms with van der Waals surface area (Å²) in [6, 6.07) is 4.00. The highest BCUT2D eigenvalue weighted by Gasteiger charge is 2.10. The molecule has 21 heavy (non-hydrogen) atoms. The van der Waals surface area contributed by atoms with Gasteiger partial charge in [0.2, 0.25) is 5.95 Å².